The highest BCUT2D eigenvalue weighted by Gasteiger charge is 2.29. The van der Waals surface area contributed by atoms with Gasteiger partial charge in [-0.1, -0.05) is 0 Å². The number of carbonyl (C=O) groups is 2. The summed E-state index contributed by atoms with van der Waals surface area (Å²) < 4.78 is 21.2. The van der Waals surface area contributed by atoms with Crippen molar-refractivity contribution in [2.24, 2.45) is 0 Å². The van der Waals surface area contributed by atoms with E-state index < -0.39 is 29.3 Å². The van der Waals surface area contributed by atoms with Gasteiger partial charge in [0.1, 0.15) is 17.5 Å². The molecule has 1 saturated carbocycles. The molecule has 9 heteroatoms. The van der Waals surface area contributed by atoms with Crippen LogP contribution in [0.1, 0.15) is 36.2 Å². The second-order valence-electron chi connectivity index (χ2n) is 7.45. The zero-order valence-electron chi connectivity index (χ0n) is 16.0. The Labute approximate surface area is 165 Å². The van der Waals surface area contributed by atoms with Crippen molar-refractivity contribution in [1.82, 2.24) is 9.88 Å². The van der Waals surface area contributed by atoms with E-state index in [0.29, 0.717) is 24.3 Å². The summed E-state index contributed by atoms with van der Waals surface area (Å²) in [5, 5.41) is 12.5. The number of ether oxygens (including phenoxy) is 1. The predicted molar refractivity (Wildman–Crippen MR) is 104 cm³/mol. The number of piperazine rings is 1. The second kappa shape index (κ2) is 7.57. The van der Waals surface area contributed by atoms with Gasteiger partial charge in [-0.15, -0.1) is 0 Å². The number of nitrogens with one attached hydrogen (secondary N) is 1. The highest BCUT2D eigenvalue weighted by atomic mass is 19.1. The van der Waals surface area contributed by atoms with E-state index in [1.165, 1.54) is 6.20 Å². The lowest BCUT2D eigenvalue weighted by Gasteiger charge is -2.30. The lowest BCUT2D eigenvalue weighted by molar-refractivity contribution is -0.146. The Hall–Kier alpha value is -2.78. The van der Waals surface area contributed by atoms with Crippen LogP contribution >= 0.6 is 0 Å². The standard InChI is InChI=1S/C20H22FN3O5/c1-11(25)19(27)29-20(28)14-10-24(12-2-3-12)16-9-17(23-6-4-22-5-7-23)15(21)8-13(16)18(14)26/h8-12,22,25H,2-7H2,1H3/t11-/m0/s1. The van der Waals surface area contributed by atoms with Gasteiger partial charge >= 0.3 is 11.9 Å². The van der Waals surface area contributed by atoms with E-state index in [-0.39, 0.29) is 17.0 Å². The van der Waals surface area contributed by atoms with E-state index in [0.717, 1.165) is 38.9 Å². The molecule has 0 amide bonds. The molecule has 4 rings (SSSR count). The predicted octanol–water partition coefficient (Wildman–Crippen LogP) is 0.949. The number of anilines is 1. The number of aliphatic hydroxyl groups excluding tert-OH is 1. The van der Waals surface area contributed by atoms with Crippen LogP contribution in [0.15, 0.2) is 23.1 Å². The summed E-state index contributed by atoms with van der Waals surface area (Å²) in [7, 11) is 0. The first-order valence-electron chi connectivity index (χ1n) is 9.65. The van der Waals surface area contributed by atoms with Crippen LogP contribution in [0.25, 0.3) is 10.9 Å². The summed E-state index contributed by atoms with van der Waals surface area (Å²) in [6.45, 7) is 3.96. The quantitative estimate of drug-likeness (QED) is 0.579. The van der Waals surface area contributed by atoms with Gasteiger partial charge in [0.2, 0.25) is 5.43 Å². The molecule has 0 unspecified atom stereocenters. The molecule has 1 aliphatic heterocycles. The first-order chi connectivity index (χ1) is 13.9. The van der Waals surface area contributed by atoms with Crippen molar-refractivity contribution in [3.63, 3.8) is 0 Å². The third kappa shape index (κ3) is 3.75. The maximum atomic E-state index is 14.9. The Morgan fingerprint density at radius 3 is 2.59 bits per heavy atom. The Kier molecular flexibility index (Phi) is 5.10. The Balaban J connectivity index is 1.82. The summed E-state index contributed by atoms with van der Waals surface area (Å²) >= 11 is 0. The van der Waals surface area contributed by atoms with Crippen LogP contribution in [0, 0.1) is 5.82 Å². The molecule has 1 aliphatic carbocycles. The van der Waals surface area contributed by atoms with E-state index >= 15 is 0 Å². The third-order valence-electron chi connectivity index (χ3n) is 5.25. The molecule has 2 aliphatic rings. The maximum absolute atomic E-state index is 14.9. The largest absolute Gasteiger partial charge is 0.387 e. The number of halogens is 1. The smallest absolute Gasteiger partial charge is 0.351 e. The molecule has 2 aromatic rings. The monoisotopic (exact) mass is 403 g/mol. The molecule has 1 aromatic carbocycles. The molecular formula is C20H22FN3O5. The van der Waals surface area contributed by atoms with E-state index in [2.05, 4.69) is 10.1 Å². The molecule has 1 atom stereocenters. The zero-order valence-corrected chi connectivity index (χ0v) is 16.0. The van der Waals surface area contributed by atoms with Crippen molar-refractivity contribution in [1.29, 1.82) is 0 Å². The van der Waals surface area contributed by atoms with Gasteiger partial charge in [0, 0.05) is 43.8 Å². The number of aliphatic hydroxyl groups is 1. The first kappa shape index (κ1) is 19.5. The number of hydrogen-bond acceptors (Lipinski definition) is 7. The van der Waals surface area contributed by atoms with Crippen molar-refractivity contribution in [3.8, 4) is 0 Å². The highest BCUT2D eigenvalue weighted by Crippen LogP contribution is 2.38. The SMILES string of the molecule is C[C@H](O)C(=O)OC(=O)c1cn(C2CC2)c2cc(N3CCNCC3)c(F)cc2c1=O. The van der Waals surface area contributed by atoms with E-state index in [1.54, 1.807) is 10.6 Å². The van der Waals surface area contributed by atoms with Crippen molar-refractivity contribution in [2.45, 2.75) is 31.9 Å². The number of benzene rings is 1. The van der Waals surface area contributed by atoms with Crippen molar-refractivity contribution in [3.05, 3.63) is 39.9 Å². The van der Waals surface area contributed by atoms with Crippen LogP contribution in [0.3, 0.4) is 0 Å². The third-order valence-corrected chi connectivity index (χ3v) is 5.25. The Bertz CT molecular complexity index is 1040. The van der Waals surface area contributed by atoms with Gasteiger partial charge in [-0.2, -0.15) is 0 Å². The zero-order chi connectivity index (χ0) is 20.7. The molecule has 154 valence electrons. The summed E-state index contributed by atoms with van der Waals surface area (Å²) in [4.78, 5) is 38.7. The maximum Gasteiger partial charge on any atom is 0.351 e. The number of hydrogen-bond donors (Lipinski definition) is 2. The van der Waals surface area contributed by atoms with Crippen LogP contribution in [0.5, 0.6) is 0 Å². The van der Waals surface area contributed by atoms with Gasteiger partial charge in [0.15, 0.2) is 0 Å². The summed E-state index contributed by atoms with van der Waals surface area (Å²) in [6, 6.07) is 2.91. The average molecular weight is 403 g/mol. The summed E-state index contributed by atoms with van der Waals surface area (Å²) in [5.41, 5.74) is -0.0861. The number of aromatic nitrogens is 1. The van der Waals surface area contributed by atoms with Gasteiger partial charge in [-0.3, -0.25) is 4.79 Å². The van der Waals surface area contributed by atoms with Gasteiger partial charge in [-0.05, 0) is 31.9 Å². The number of pyridine rings is 1. The van der Waals surface area contributed by atoms with Crippen LogP contribution in [-0.4, -0.2) is 53.9 Å². The van der Waals surface area contributed by atoms with Crippen LogP contribution < -0.4 is 15.6 Å². The topological polar surface area (TPSA) is 101 Å². The molecular weight excluding hydrogens is 381 g/mol. The molecule has 2 N–H and O–H groups in total. The number of nitrogens with zero attached hydrogens (tertiary/aromatic N) is 2. The van der Waals surface area contributed by atoms with Crippen LogP contribution in [0.4, 0.5) is 10.1 Å². The summed E-state index contributed by atoms with van der Waals surface area (Å²) in [6.07, 6.45) is 1.63. The minimum atomic E-state index is -1.50. The average Bonchev–Trinajstić information content (AvgIpc) is 3.54. The highest BCUT2D eigenvalue weighted by molar-refractivity contribution is 6.00. The second-order valence-corrected chi connectivity index (χ2v) is 7.45. The molecule has 1 aromatic heterocycles. The van der Waals surface area contributed by atoms with Crippen molar-refractivity contribution >= 4 is 28.5 Å². The number of rotatable bonds is 4. The normalized spacial score (nSPS) is 18.0. The number of esters is 2. The molecule has 2 fully saturated rings. The molecule has 0 radical (unpaired) electrons. The molecule has 8 nitrogen and oxygen atoms in total. The fraction of sp³-hybridized carbons (Fsp3) is 0.450. The van der Waals surface area contributed by atoms with Crippen LogP contribution in [-0.2, 0) is 9.53 Å². The Morgan fingerprint density at radius 2 is 1.97 bits per heavy atom. The fourth-order valence-corrected chi connectivity index (χ4v) is 3.54. The molecule has 29 heavy (non-hydrogen) atoms. The lowest BCUT2D eigenvalue weighted by Crippen LogP contribution is -2.43. The van der Waals surface area contributed by atoms with Gasteiger partial charge in [-0.25, -0.2) is 14.0 Å². The summed E-state index contributed by atoms with van der Waals surface area (Å²) in [5.74, 6) is -2.83. The van der Waals surface area contributed by atoms with Gasteiger partial charge in [0.05, 0.1) is 11.2 Å². The van der Waals surface area contributed by atoms with Crippen molar-refractivity contribution in [2.75, 3.05) is 31.1 Å². The van der Waals surface area contributed by atoms with Gasteiger partial charge < -0.3 is 24.6 Å². The number of fused-ring (bicyclic) bond motifs is 1. The molecule has 1 saturated heterocycles. The minimum Gasteiger partial charge on any atom is -0.387 e. The van der Waals surface area contributed by atoms with E-state index in [9.17, 15) is 23.9 Å². The van der Waals surface area contributed by atoms with Gasteiger partial charge in [0.25, 0.3) is 0 Å². The molecule has 2 heterocycles. The lowest BCUT2D eigenvalue weighted by atomic mass is 10.1. The van der Waals surface area contributed by atoms with Crippen molar-refractivity contribution < 1.29 is 23.8 Å². The van der Waals surface area contributed by atoms with Crippen LogP contribution in [0.2, 0.25) is 0 Å². The van der Waals surface area contributed by atoms with E-state index in [1.807, 2.05) is 4.90 Å². The fourth-order valence-electron chi connectivity index (χ4n) is 3.54. The first-order valence-corrected chi connectivity index (χ1v) is 9.65. The minimum absolute atomic E-state index is 0.0623. The Morgan fingerprint density at radius 1 is 1.28 bits per heavy atom. The molecule has 0 spiro atoms. The van der Waals surface area contributed by atoms with E-state index in [4.69, 9.17) is 0 Å². The number of carbonyl (C=O) groups excluding carboxylic acids is 2. The molecule has 0 bridgehead atoms.